The van der Waals surface area contributed by atoms with E-state index < -0.39 is 182 Å². The molecule has 2 aromatic carbocycles. The molecule has 0 radical (unpaired) electrons. The molecule has 0 saturated carbocycles. The van der Waals surface area contributed by atoms with Crippen molar-refractivity contribution in [2.45, 2.75) is 172 Å². The Balaban J connectivity index is 2.53. The minimum absolute atomic E-state index is 0.0295. The van der Waals surface area contributed by atoms with Crippen molar-refractivity contribution in [2.24, 2.45) is 29.0 Å². The van der Waals surface area contributed by atoms with Crippen LogP contribution in [0.1, 0.15) is 104 Å². The molecule has 2 rings (SSSR count). The van der Waals surface area contributed by atoms with Gasteiger partial charge < -0.3 is 95.9 Å². The number of amides is 11. The van der Waals surface area contributed by atoms with Crippen LogP contribution in [0.15, 0.2) is 54.6 Å². The maximum Gasteiger partial charge on any atom is 0.326 e. The van der Waals surface area contributed by atoms with Gasteiger partial charge in [0, 0.05) is 19.3 Å². The van der Waals surface area contributed by atoms with Crippen molar-refractivity contribution in [2.75, 3.05) is 31.8 Å². The lowest BCUT2D eigenvalue weighted by Gasteiger charge is -2.28. The fourth-order valence-corrected chi connectivity index (χ4v) is 9.32. The summed E-state index contributed by atoms with van der Waals surface area (Å²) in [4.78, 5) is 174. The predicted octanol–water partition coefficient (Wildman–Crippen LogP) is -3.84. The fourth-order valence-electron chi connectivity index (χ4n) is 8.85. The van der Waals surface area contributed by atoms with Crippen LogP contribution in [0.2, 0.25) is 0 Å². The number of benzene rings is 2. The van der Waals surface area contributed by atoms with Gasteiger partial charge in [-0.05, 0) is 99.1 Å². The number of nitrogens with two attached hydrogens (primary N) is 3. The van der Waals surface area contributed by atoms with E-state index in [0.29, 0.717) is 24.0 Å². The van der Waals surface area contributed by atoms with E-state index in [1.165, 1.54) is 43.0 Å². The molecule has 0 aliphatic heterocycles. The first kappa shape index (κ1) is 78.6. The number of unbranched alkanes of at least 4 members (excludes halogenated alkanes) is 1. The molecule has 0 aliphatic carbocycles. The second kappa shape index (κ2) is 41.0. The van der Waals surface area contributed by atoms with E-state index in [4.69, 9.17) is 22.3 Å². The molecule has 0 aromatic heterocycles. The number of hydrogen-bond acceptors (Lipinski definition) is 19. The number of rotatable bonds is 43. The summed E-state index contributed by atoms with van der Waals surface area (Å²) in [5.41, 5.74) is 17.8. The molecule has 21 N–H and O–H groups in total. The molecule has 12 atom stereocenters. The van der Waals surface area contributed by atoms with Crippen molar-refractivity contribution in [3.8, 4) is 5.75 Å². The normalized spacial score (nSPS) is 15.1. The maximum atomic E-state index is 14.8. The van der Waals surface area contributed by atoms with Gasteiger partial charge in [-0.3, -0.25) is 57.5 Å². The van der Waals surface area contributed by atoms with Gasteiger partial charge in [-0.1, -0.05) is 76.6 Å². The largest absolute Gasteiger partial charge is 0.508 e. The van der Waals surface area contributed by atoms with Crippen molar-refractivity contribution in [3.63, 3.8) is 0 Å². The first-order valence-corrected chi connectivity index (χ1v) is 31.1. The molecule has 2 aromatic rings. The molecule has 0 fully saturated rings. The van der Waals surface area contributed by atoms with Crippen molar-refractivity contribution in [1.29, 1.82) is 0 Å². The number of carbonyl (C=O) groups excluding carboxylic acids is 11. The van der Waals surface area contributed by atoms with Gasteiger partial charge >= 0.3 is 11.9 Å². The first-order chi connectivity index (χ1) is 43.0. The van der Waals surface area contributed by atoms with Crippen LogP contribution >= 0.6 is 11.8 Å². The molecule has 0 heterocycles. The second-order valence-corrected chi connectivity index (χ2v) is 23.2. The summed E-state index contributed by atoms with van der Waals surface area (Å²) < 4.78 is 0. The van der Waals surface area contributed by atoms with Crippen LogP contribution in [0.3, 0.4) is 0 Å². The Morgan fingerprint density at radius 2 is 0.956 bits per heavy atom. The summed E-state index contributed by atoms with van der Waals surface area (Å²) >= 11 is 1.28. The van der Waals surface area contributed by atoms with Crippen LogP contribution in [0.5, 0.6) is 5.75 Å². The molecule has 0 saturated heterocycles. The van der Waals surface area contributed by atoms with Gasteiger partial charge in [-0.25, -0.2) is 4.79 Å². The summed E-state index contributed by atoms with van der Waals surface area (Å²) in [5, 5.41) is 73.8. The number of carboxylic acids is 2. The van der Waals surface area contributed by atoms with Crippen LogP contribution in [0, 0.1) is 11.8 Å². The van der Waals surface area contributed by atoms with Crippen LogP contribution < -0.4 is 70.4 Å². The molecule has 31 nitrogen and oxygen atoms in total. The number of phenolic OH excluding ortho intramolecular Hbond substituents is 1. The number of nitrogens with one attached hydrogen (secondary N) is 10. The molecule has 11 amide bonds. The van der Waals surface area contributed by atoms with E-state index in [9.17, 15) is 82.8 Å². The summed E-state index contributed by atoms with van der Waals surface area (Å²) in [6.45, 7) is 6.21. The highest BCUT2D eigenvalue weighted by atomic mass is 32.2. The number of primary amides is 1. The van der Waals surface area contributed by atoms with Crippen LogP contribution in [-0.4, -0.2) is 201 Å². The minimum Gasteiger partial charge on any atom is -0.508 e. The third-order valence-corrected chi connectivity index (χ3v) is 14.9. The van der Waals surface area contributed by atoms with Crippen LogP contribution in [0.25, 0.3) is 0 Å². The smallest absolute Gasteiger partial charge is 0.326 e. The van der Waals surface area contributed by atoms with Crippen molar-refractivity contribution in [1.82, 2.24) is 53.2 Å². The van der Waals surface area contributed by atoms with Crippen LogP contribution in [0.4, 0.5) is 0 Å². The Hall–Kier alpha value is -8.46. The van der Waals surface area contributed by atoms with E-state index in [-0.39, 0.29) is 62.5 Å². The lowest BCUT2D eigenvalue weighted by molar-refractivity contribution is -0.143. The van der Waals surface area contributed by atoms with Gasteiger partial charge in [0.05, 0.1) is 25.7 Å². The number of thioether (sulfide) groups is 1. The van der Waals surface area contributed by atoms with E-state index in [2.05, 4.69) is 53.2 Å². The Morgan fingerprint density at radius 3 is 1.43 bits per heavy atom. The van der Waals surface area contributed by atoms with E-state index >= 15 is 0 Å². The molecular weight excluding hydrogens is 1210 g/mol. The molecular formula is C59H91N13O18S. The molecule has 91 heavy (non-hydrogen) atoms. The zero-order valence-corrected chi connectivity index (χ0v) is 52.8. The predicted molar refractivity (Wildman–Crippen MR) is 332 cm³/mol. The first-order valence-electron chi connectivity index (χ1n) is 29.7. The standard InChI is InChI=1S/C59H91N13O18S/c1-7-32(4)48(72-50(80)37(61)28-47(77)78)58(88)71-44(29-73)56(86)63-33(5)49(79)64-38(15-11-12-23-60)51(81)67-42(27-35-16-18-36(75)19-17-35)55(85)68-41(26-34-13-9-8-10-14-34)54(84)65-39(20-21-46(62)76)52(82)66-40(22-24-91-6)53(83)70-45(30-74)57(87)69-43(59(89)90)25-31(2)3/h8-10,13-14,16-19,31-33,37-45,48,73-75H,7,11-12,15,20-30,60-61H2,1-6H3,(H2,62,76)(H,63,86)(H,64,79)(H,65,84)(H,66,82)(H,67,81)(H,68,85)(H,69,87)(H,70,83)(H,71,88)(H,72,80)(H,77,78)(H,89,90)/t32-,33-,37-,38-,39-,40-,41-,42-,43-,44-,45-,48-/m0/s1. The molecule has 506 valence electrons. The SMILES string of the molecule is CC[C@H](C)[C@H](NC(=O)[C@@H](N)CC(=O)O)C(=O)N[C@@H](CO)C(=O)N[C@@H](C)C(=O)N[C@@H](CCCCN)C(=O)N[C@@H](Cc1ccc(O)cc1)C(=O)N[C@@H](Cc1ccccc1)C(=O)N[C@@H](CCC(N)=O)C(=O)N[C@@H](CCSC)C(=O)N[C@@H](CO)C(=O)N[C@@H](CC(C)C)C(=O)O. The van der Waals surface area contributed by atoms with E-state index in [1.54, 1.807) is 64.3 Å². The van der Waals surface area contributed by atoms with Gasteiger partial charge in [0.1, 0.15) is 66.2 Å². The quantitative estimate of drug-likeness (QED) is 0.0283. The fraction of sp³-hybridized carbons (Fsp3) is 0.576. The topological polar surface area (TPSA) is 521 Å². The number of phenols is 1. The van der Waals surface area contributed by atoms with Crippen LogP contribution in [-0.2, 0) is 75.2 Å². The molecule has 0 bridgehead atoms. The Kier molecular flexibility index (Phi) is 35.5. The highest BCUT2D eigenvalue weighted by Crippen LogP contribution is 2.15. The van der Waals surface area contributed by atoms with Crippen molar-refractivity contribution >= 4 is 88.7 Å². The number of aliphatic carboxylic acids is 2. The van der Waals surface area contributed by atoms with Gasteiger partial charge in [-0.15, -0.1) is 0 Å². The lowest BCUT2D eigenvalue weighted by Crippen LogP contribution is -2.61. The number of carbonyl (C=O) groups is 13. The average molecular weight is 1300 g/mol. The van der Waals surface area contributed by atoms with Gasteiger partial charge in [-0.2, -0.15) is 11.8 Å². The maximum absolute atomic E-state index is 14.8. The Bertz CT molecular complexity index is 2770. The molecule has 0 unspecified atom stereocenters. The van der Waals surface area contributed by atoms with Crippen molar-refractivity contribution < 1.29 is 87.9 Å². The minimum atomic E-state index is -1.69. The third kappa shape index (κ3) is 28.9. The zero-order valence-electron chi connectivity index (χ0n) is 52.0. The number of aliphatic hydroxyl groups excluding tert-OH is 2. The highest BCUT2D eigenvalue weighted by Gasteiger charge is 2.37. The number of hydrogen-bond donors (Lipinski definition) is 18. The van der Waals surface area contributed by atoms with E-state index in [0.717, 1.165) is 0 Å². The molecule has 32 heteroatoms. The van der Waals surface area contributed by atoms with E-state index in [1.807, 2.05) is 0 Å². The monoisotopic (exact) mass is 1300 g/mol. The summed E-state index contributed by atoms with van der Waals surface area (Å²) in [6, 6.07) is -2.86. The summed E-state index contributed by atoms with van der Waals surface area (Å²) in [7, 11) is 0. The Labute approximate surface area is 531 Å². The second-order valence-electron chi connectivity index (χ2n) is 22.3. The Morgan fingerprint density at radius 1 is 0.516 bits per heavy atom. The van der Waals surface area contributed by atoms with Crippen molar-refractivity contribution in [3.05, 3.63) is 65.7 Å². The summed E-state index contributed by atoms with van der Waals surface area (Å²) in [5.74, 6) is -14.0. The highest BCUT2D eigenvalue weighted by molar-refractivity contribution is 7.98. The molecule has 0 aliphatic rings. The van der Waals surface area contributed by atoms with Gasteiger partial charge in [0.15, 0.2) is 0 Å². The number of aromatic hydroxyl groups is 1. The third-order valence-electron chi connectivity index (χ3n) is 14.3. The lowest BCUT2D eigenvalue weighted by atomic mass is 9.97. The molecule has 0 spiro atoms. The number of aliphatic hydroxyl groups is 2. The summed E-state index contributed by atoms with van der Waals surface area (Å²) in [6.07, 6.45) is 0.340. The average Bonchev–Trinajstić information content (AvgIpc) is 3.69. The zero-order chi connectivity index (χ0) is 68.5. The van der Waals surface area contributed by atoms with Gasteiger partial charge in [0.25, 0.3) is 0 Å². The van der Waals surface area contributed by atoms with Gasteiger partial charge in [0.2, 0.25) is 65.0 Å². The number of carboxylic acid groups (broad SMARTS) is 2.